The molecule has 160 valence electrons. The number of benzene rings is 3. The molecule has 8 heteroatoms. The van der Waals surface area contributed by atoms with Crippen molar-refractivity contribution in [1.29, 1.82) is 0 Å². The Kier molecular flexibility index (Phi) is 5.43. The smallest absolute Gasteiger partial charge is 0.300 e. The average molecular weight is 430 g/mol. The number of carbonyl (C=O) groups is 2. The Morgan fingerprint density at radius 2 is 1.69 bits per heavy atom. The SMILES string of the molecule is COc1ccc([C@H]2/C(=C(\O)c3ccccc3)C(=O)C(=O)N2c2cccc([N+](=O)[O-])c2)cc1. The van der Waals surface area contributed by atoms with Gasteiger partial charge in [-0.15, -0.1) is 0 Å². The van der Waals surface area contributed by atoms with Gasteiger partial charge < -0.3 is 9.84 Å². The van der Waals surface area contributed by atoms with Gasteiger partial charge in [-0.05, 0) is 23.8 Å². The highest BCUT2D eigenvalue weighted by Crippen LogP contribution is 2.43. The largest absolute Gasteiger partial charge is 0.507 e. The Morgan fingerprint density at radius 1 is 1.00 bits per heavy atom. The zero-order valence-corrected chi connectivity index (χ0v) is 17.0. The van der Waals surface area contributed by atoms with E-state index in [1.54, 1.807) is 54.6 Å². The Balaban J connectivity index is 1.94. The average Bonchev–Trinajstić information content (AvgIpc) is 3.09. The molecule has 0 aliphatic carbocycles. The maximum atomic E-state index is 13.1. The molecule has 1 N–H and O–H groups in total. The first-order chi connectivity index (χ1) is 15.4. The molecule has 1 heterocycles. The number of ketones is 1. The molecule has 4 rings (SSSR count). The topological polar surface area (TPSA) is 110 Å². The molecule has 0 unspecified atom stereocenters. The van der Waals surface area contributed by atoms with Crippen LogP contribution in [-0.4, -0.2) is 28.8 Å². The Labute approximate surface area is 183 Å². The third-order valence-electron chi connectivity index (χ3n) is 5.24. The first-order valence-corrected chi connectivity index (χ1v) is 9.67. The fourth-order valence-corrected chi connectivity index (χ4v) is 3.71. The van der Waals surface area contributed by atoms with Crippen LogP contribution in [0, 0.1) is 10.1 Å². The van der Waals surface area contributed by atoms with Crippen molar-refractivity contribution in [1.82, 2.24) is 0 Å². The van der Waals surface area contributed by atoms with Gasteiger partial charge in [0, 0.05) is 17.7 Å². The number of nitro groups is 1. The van der Waals surface area contributed by atoms with Gasteiger partial charge in [-0.2, -0.15) is 0 Å². The monoisotopic (exact) mass is 430 g/mol. The van der Waals surface area contributed by atoms with Gasteiger partial charge in [-0.1, -0.05) is 48.5 Å². The van der Waals surface area contributed by atoms with Crippen molar-refractivity contribution in [3.63, 3.8) is 0 Å². The summed E-state index contributed by atoms with van der Waals surface area (Å²) < 4.78 is 5.19. The van der Waals surface area contributed by atoms with E-state index < -0.39 is 22.7 Å². The fraction of sp³-hybridized carbons (Fsp3) is 0.0833. The van der Waals surface area contributed by atoms with Crippen LogP contribution >= 0.6 is 0 Å². The normalized spacial score (nSPS) is 17.4. The number of anilines is 1. The highest BCUT2D eigenvalue weighted by molar-refractivity contribution is 6.51. The second-order valence-electron chi connectivity index (χ2n) is 7.09. The second kappa shape index (κ2) is 8.35. The molecular weight excluding hydrogens is 412 g/mol. The number of nitro benzene ring substituents is 1. The Bertz CT molecular complexity index is 1230. The Morgan fingerprint density at radius 3 is 2.31 bits per heavy atom. The number of non-ortho nitro benzene ring substituents is 1. The van der Waals surface area contributed by atoms with Gasteiger partial charge in [0.2, 0.25) is 0 Å². The Hall–Kier alpha value is -4.46. The van der Waals surface area contributed by atoms with E-state index in [4.69, 9.17) is 4.74 Å². The van der Waals surface area contributed by atoms with Crippen LogP contribution in [0.3, 0.4) is 0 Å². The number of amides is 1. The highest BCUT2D eigenvalue weighted by atomic mass is 16.6. The van der Waals surface area contributed by atoms with Crippen LogP contribution in [0.4, 0.5) is 11.4 Å². The molecule has 1 aliphatic rings. The van der Waals surface area contributed by atoms with Gasteiger partial charge >= 0.3 is 0 Å². The summed E-state index contributed by atoms with van der Waals surface area (Å²) in [4.78, 5) is 38.0. The predicted octanol–water partition coefficient (Wildman–Crippen LogP) is 4.23. The molecule has 1 amide bonds. The lowest BCUT2D eigenvalue weighted by atomic mass is 9.95. The summed E-state index contributed by atoms with van der Waals surface area (Å²) in [6.07, 6.45) is 0. The summed E-state index contributed by atoms with van der Waals surface area (Å²) in [5, 5.41) is 22.3. The number of ether oxygens (including phenoxy) is 1. The lowest BCUT2D eigenvalue weighted by Crippen LogP contribution is -2.29. The van der Waals surface area contributed by atoms with Crippen molar-refractivity contribution in [2.24, 2.45) is 0 Å². The summed E-state index contributed by atoms with van der Waals surface area (Å²) in [5.74, 6) is -1.51. The van der Waals surface area contributed by atoms with E-state index in [9.17, 15) is 24.8 Å². The standard InChI is InChI=1S/C24H18N2O6/c1-32-19-12-10-15(11-13-19)21-20(22(27)16-6-3-2-4-7-16)23(28)24(29)25(21)17-8-5-9-18(14-17)26(30)31/h2-14,21,27H,1H3/b22-20+/t21-/m0/s1. The van der Waals surface area contributed by atoms with Crippen LogP contribution in [0.25, 0.3) is 5.76 Å². The molecule has 0 spiro atoms. The molecule has 0 aromatic heterocycles. The van der Waals surface area contributed by atoms with Crippen LogP contribution in [0.1, 0.15) is 17.2 Å². The molecule has 1 atom stereocenters. The first kappa shape index (κ1) is 20.8. The fourth-order valence-electron chi connectivity index (χ4n) is 3.71. The number of nitrogens with zero attached hydrogens (tertiary/aromatic N) is 2. The number of aliphatic hydroxyl groups excluding tert-OH is 1. The van der Waals surface area contributed by atoms with E-state index in [2.05, 4.69) is 0 Å². The number of hydrogen-bond donors (Lipinski definition) is 1. The quantitative estimate of drug-likeness (QED) is 0.213. The van der Waals surface area contributed by atoms with E-state index in [1.165, 1.54) is 36.3 Å². The maximum Gasteiger partial charge on any atom is 0.300 e. The maximum absolute atomic E-state index is 13.1. The zero-order chi connectivity index (χ0) is 22.8. The first-order valence-electron chi connectivity index (χ1n) is 9.67. The van der Waals surface area contributed by atoms with Gasteiger partial charge in [0.05, 0.1) is 29.3 Å². The van der Waals surface area contributed by atoms with Crippen molar-refractivity contribution in [3.05, 3.63) is 106 Å². The molecule has 0 saturated carbocycles. The summed E-state index contributed by atoms with van der Waals surface area (Å²) in [5.41, 5.74) is 0.769. The number of rotatable bonds is 5. The van der Waals surface area contributed by atoms with Gasteiger partial charge in [0.15, 0.2) is 0 Å². The number of hydrogen-bond acceptors (Lipinski definition) is 6. The minimum atomic E-state index is -0.983. The van der Waals surface area contributed by atoms with Crippen LogP contribution < -0.4 is 9.64 Å². The van der Waals surface area contributed by atoms with Gasteiger partial charge in [0.1, 0.15) is 11.5 Å². The van der Waals surface area contributed by atoms with Gasteiger partial charge in [-0.3, -0.25) is 24.6 Å². The molecule has 32 heavy (non-hydrogen) atoms. The number of methoxy groups -OCH3 is 1. The summed E-state index contributed by atoms with van der Waals surface area (Å²) >= 11 is 0. The van der Waals surface area contributed by atoms with Crippen molar-refractivity contribution in [2.45, 2.75) is 6.04 Å². The van der Waals surface area contributed by atoms with E-state index in [0.29, 0.717) is 16.9 Å². The number of aliphatic hydroxyl groups is 1. The van der Waals surface area contributed by atoms with Gasteiger partial charge in [-0.25, -0.2) is 0 Å². The molecule has 1 fully saturated rings. The van der Waals surface area contributed by atoms with E-state index in [-0.39, 0.29) is 22.7 Å². The third kappa shape index (κ3) is 3.58. The minimum absolute atomic E-state index is 0.0992. The second-order valence-corrected chi connectivity index (χ2v) is 7.09. The molecule has 8 nitrogen and oxygen atoms in total. The molecule has 1 aliphatic heterocycles. The van der Waals surface area contributed by atoms with Crippen molar-refractivity contribution >= 4 is 28.8 Å². The van der Waals surface area contributed by atoms with Gasteiger partial charge in [0.25, 0.3) is 17.4 Å². The number of carbonyl (C=O) groups excluding carboxylic acids is 2. The molecule has 0 bridgehead atoms. The molecular formula is C24H18N2O6. The van der Waals surface area contributed by atoms with E-state index in [1.807, 2.05) is 0 Å². The highest BCUT2D eigenvalue weighted by Gasteiger charge is 2.47. The minimum Gasteiger partial charge on any atom is -0.507 e. The summed E-state index contributed by atoms with van der Waals surface area (Å²) in [6, 6.07) is 19.6. The van der Waals surface area contributed by atoms with Crippen LogP contribution in [0.2, 0.25) is 0 Å². The number of Topliss-reactive ketones (excluding diaryl/α,β-unsaturated/α-hetero) is 1. The lowest BCUT2D eigenvalue weighted by molar-refractivity contribution is -0.384. The third-order valence-corrected chi connectivity index (χ3v) is 5.24. The summed E-state index contributed by atoms with van der Waals surface area (Å²) in [7, 11) is 1.51. The van der Waals surface area contributed by atoms with Crippen molar-refractivity contribution < 1.29 is 24.4 Å². The van der Waals surface area contributed by atoms with Crippen LogP contribution in [-0.2, 0) is 9.59 Å². The van der Waals surface area contributed by atoms with Crippen molar-refractivity contribution in [3.8, 4) is 5.75 Å². The van der Waals surface area contributed by atoms with Crippen LogP contribution in [0.15, 0.2) is 84.4 Å². The lowest BCUT2D eigenvalue weighted by Gasteiger charge is -2.25. The predicted molar refractivity (Wildman–Crippen MR) is 117 cm³/mol. The summed E-state index contributed by atoms with van der Waals surface area (Å²) in [6.45, 7) is 0. The van der Waals surface area contributed by atoms with Crippen molar-refractivity contribution in [2.75, 3.05) is 12.0 Å². The molecule has 0 radical (unpaired) electrons. The van der Waals surface area contributed by atoms with E-state index in [0.717, 1.165) is 0 Å². The van der Waals surface area contributed by atoms with Crippen LogP contribution in [0.5, 0.6) is 5.75 Å². The zero-order valence-electron chi connectivity index (χ0n) is 17.0. The molecule has 3 aromatic carbocycles. The van der Waals surface area contributed by atoms with E-state index >= 15 is 0 Å². The molecule has 1 saturated heterocycles. The molecule has 3 aromatic rings.